The van der Waals surface area contributed by atoms with Gasteiger partial charge in [-0.3, -0.25) is 4.79 Å². The number of amides is 2. The first-order valence-electron chi connectivity index (χ1n) is 9.88. The van der Waals surface area contributed by atoms with Crippen LogP contribution in [-0.2, 0) is 33.5 Å². The number of esters is 1. The van der Waals surface area contributed by atoms with Gasteiger partial charge in [0.2, 0.25) is 0 Å². The van der Waals surface area contributed by atoms with Crippen LogP contribution in [0.25, 0.3) is 0 Å². The van der Waals surface area contributed by atoms with E-state index in [4.69, 9.17) is 15.3 Å². The Bertz CT molecular complexity index is 1160. The molecule has 2 aliphatic rings. The van der Waals surface area contributed by atoms with E-state index in [9.17, 15) is 34.2 Å². The van der Waals surface area contributed by atoms with E-state index in [0.717, 1.165) is 4.90 Å². The number of aromatic nitrogens is 1. The van der Waals surface area contributed by atoms with Gasteiger partial charge >= 0.3 is 197 Å². The van der Waals surface area contributed by atoms with E-state index in [1.54, 1.807) is 4.94 Å². The average Bonchev–Trinajstić information content (AvgIpc) is 3.20. The number of carboxylic acid groups (broad SMARTS) is 2. The van der Waals surface area contributed by atoms with Crippen molar-refractivity contribution in [2.24, 2.45) is 5.16 Å². The van der Waals surface area contributed by atoms with Crippen LogP contribution in [0.5, 0.6) is 0 Å². The SMILES string of the molecule is CC(=O)OCC1=C(C(=O)O)N2C(=O)[C@@H](NC(=O)C(=NOC(C)(C)C(=O)O)c3c[se]c(N)n3)[C@H]2SC1. The van der Waals surface area contributed by atoms with Gasteiger partial charge in [0.1, 0.15) is 0 Å². The molecule has 14 nitrogen and oxygen atoms in total. The van der Waals surface area contributed by atoms with Gasteiger partial charge in [-0.25, -0.2) is 0 Å². The average molecular weight is 574 g/mol. The van der Waals surface area contributed by atoms with Crippen molar-refractivity contribution >= 4 is 66.4 Å². The number of nitrogens with two attached hydrogens (primary N) is 1. The summed E-state index contributed by atoms with van der Waals surface area (Å²) in [6.45, 7) is 3.37. The van der Waals surface area contributed by atoms with Crippen LogP contribution >= 0.6 is 11.8 Å². The Morgan fingerprint density at radius 1 is 1.37 bits per heavy atom. The van der Waals surface area contributed by atoms with E-state index in [2.05, 4.69) is 15.5 Å². The van der Waals surface area contributed by atoms with Crippen molar-refractivity contribution in [3.05, 3.63) is 21.9 Å². The van der Waals surface area contributed by atoms with Crippen LogP contribution in [0.15, 0.2) is 21.4 Å². The Labute approximate surface area is 208 Å². The molecule has 2 atom stereocenters. The van der Waals surface area contributed by atoms with Gasteiger partial charge in [0, 0.05) is 6.92 Å². The number of nitrogens with zero attached hydrogens (tertiary/aromatic N) is 3. The Morgan fingerprint density at radius 2 is 2.06 bits per heavy atom. The molecule has 1 fully saturated rings. The van der Waals surface area contributed by atoms with Gasteiger partial charge in [-0.15, -0.1) is 0 Å². The van der Waals surface area contributed by atoms with Crippen LogP contribution in [0.3, 0.4) is 0 Å². The first-order valence-corrected chi connectivity index (χ1v) is 12.8. The Hall–Kier alpha value is -3.36. The summed E-state index contributed by atoms with van der Waals surface area (Å²) in [4.78, 5) is 71.7. The molecule has 0 aliphatic carbocycles. The third kappa shape index (κ3) is 5.49. The molecule has 35 heavy (non-hydrogen) atoms. The third-order valence-corrected chi connectivity index (χ3v) is 7.60. The number of aliphatic carboxylic acids is 2. The number of rotatable bonds is 9. The third-order valence-electron chi connectivity index (χ3n) is 4.85. The number of carboxylic acids is 2. The van der Waals surface area contributed by atoms with Crippen molar-refractivity contribution in [2.45, 2.75) is 37.8 Å². The summed E-state index contributed by atoms with van der Waals surface area (Å²) < 4.78 is 5.14. The second-order valence-electron chi connectivity index (χ2n) is 7.82. The van der Waals surface area contributed by atoms with Crippen molar-refractivity contribution in [1.29, 1.82) is 0 Å². The predicted octanol–water partition coefficient (Wildman–Crippen LogP) is -1.39. The van der Waals surface area contributed by atoms with Crippen LogP contribution in [0.1, 0.15) is 26.5 Å². The Balaban J connectivity index is 1.82. The minimum absolute atomic E-state index is 0.0657. The number of hydrogen-bond donors (Lipinski definition) is 4. The molecule has 0 radical (unpaired) electrons. The molecule has 0 unspecified atom stereocenters. The fourth-order valence-electron chi connectivity index (χ4n) is 2.99. The number of anilines is 1. The van der Waals surface area contributed by atoms with Gasteiger partial charge in [-0.2, -0.15) is 0 Å². The molecule has 3 rings (SSSR count). The van der Waals surface area contributed by atoms with E-state index in [1.807, 2.05) is 0 Å². The second-order valence-corrected chi connectivity index (χ2v) is 10.8. The van der Waals surface area contributed by atoms with Crippen molar-refractivity contribution < 1.29 is 43.8 Å². The van der Waals surface area contributed by atoms with Gasteiger partial charge in [0.15, 0.2) is 0 Å². The fraction of sp³-hybridized carbons (Fsp3) is 0.421. The number of oxime groups is 1. The quantitative estimate of drug-likeness (QED) is 0.0883. The molecule has 5 N–H and O–H groups in total. The van der Waals surface area contributed by atoms with E-state index in [-0.39, 0.29) is 54.2 Å². The Morgan fingerprint density at radius 3 is 2.60 bits per heavy atom. The van der Waals surface area contributed by atoms with Gasteiger partial charge in [0.05, 0.1) is 0 Å². The van der Waals surface area contributed by atoms with Crippen LogP contribution < -0.4 is 11.1 Å². The molecular formula is C19H21N5O9SSe. The molecule has 2 amide bonds. The number of nitrogens with one attached hydrogen (secondary N) is 1. The van der Waals surface area contributed by atoms with Crippen LogP contribution in [0.2, 0.25) is 0 Å². The predicted molar refractivity (Wildman–Crippen MR) is 121 cm³/mol. The van der Waals surface area contributed by atoms with E-state index >= 15 is 0 Å². The molecule has 2 aliphatic heterocycles. The summed E-state index contributed by atoms with van der Waals surface area (Å²) in [7, 11) is 0. The number of ether oxygens (including phenoxy) is 1. The minimum atomic E-state index is -1.76. The van der Waals surface area contributed by atoms with Crippen molar-refractivity contribution in [1.82, 2.24) is 15.2 Å². The first kappa shape index (κ1) is 26.2. The monoisotopic (exact) mass is 575 g/mol. The standard InChI is InChI=1S/C19H21N5O9SSe/c1-7(25)32-4-8-5-34-15-11(14(27)24(15)12(8)16(28)29)22-13(26)10(9-6-35-18(20)21-9)23-33-19(2,3)17(30)31/h6,11,15H,4-5H2,1-3H3,(H2,20,21)(H,22,26)(H,28,29)(H,30,31)/t11-,15-/m1/s1. The van der Waals surface area contributed by atoms with Crippen molar-refractivity contribution in [3.8, 4) is 0 Å². The molecule has 0 spiro atoms. The topological polar surface area (TPSA) is 211 Å². The summed E-state index contributed by atoms with van der Waals surface area (Å²) >= 11 is 0.837. The number of thioether (sulfide) groups is 1. The zero-order valence-corrected chi connectivity index (χ0v) is 21.2. The molecule has 0 aromatic carbocycles. The van der Waals surface area contributed by atoms with Crippen LogP contribution in [0.4, 0.5) is 4.69 Å². The van der Waals surface area contributed by atoms with Crippen LogP contribution in [0, 0.1) is 0 Å². The summed E-state index contributed by atoms with van der Waals surface area (Å²) in [5.74, 6) is -4.70. The molecule has 3 heterocycles. The molecule has 0 bridgehead atoms. The maximum atomic E-state index is 13.0. The van der Waals surface area contributed by atoms with E-state index in [0.29, 0.717) is 0 Å². The molecule has 0 saturated carbocycles. The number of hydrogen-bond acceptors (Lipinski definition) is 11. The van der Waals surface area contributed by atoms with Gasteiger partial charge in [-0.05, 0) is 0 Å². The fourth-order valence-corrected chi connectivity index (χ4v) is 5.47. The number of nitrogen functional groups attached to an aromatic ring is 1. The summed E-state index contributed by atoms with van der Waals surface area (Å²) in [5, 5.41) is 24.3. The second kappa shape index (κ2) is 10.1. The number of β-lactam (4-membered cyclic amide) rings is 1. The zero-order chi connectivity index (χ0) is 26.1. The molecular weight excluding hydrogens is 553 g/mol. The van der Waals surface area contributed by atoms with E-state index in [1.165, 1.54) is 32.5 Å². The molecule has 16 heteroatoms. The number of carbonyl (C=O) groups is 5. The summed E-state index contributed by atoms with van der Waals surface area (Å²) in [6.07, 6.45) is 0. The van der Waals surface area contributed by atoms with Crippen molar-refractivity contribution in [3.63, 3.8) is 0 Å². The molecule has 188 valence electrons. The summed E-state index contributed by atoms with van der Waals surface area (Å²) in [6, 6.07) is -1.09. The zero-order valence-electron chi connectivity index (χ0n) is 18.6. The van der Waals surface area contributed by atoms with Crippen LogP contribution in [-0.4, -0.2) is 99.4 Å². The maximum absolute atomic E-state index is 13.0. The van der Waals surface area contributed by atoms with Gasteiger partial charge < -0.3 is 0 Å². The molecule has 1 aromatic heterocycles. The molecule has 1 saturated heterocycles. The Kier molecular flexibility index (Phi) is 7.57. The normalized spacial score (nSPS) is 20.0. The number of carbonyl (C=O) groups excluding carboxylic acids is 3. The van der Waals surface area contributed by atoms with Gasteiger partial charge in [0.25, 0.3) is 0 Å². The summed E-state index contributed by atoms with van der Waals surface area (Å²) in [5.41, 5.74) is 3.57. The van der Waals surface area contributed by atoms with Crippen molar-refractivity contribution in [2.75, 3.05) is 18.1 Å². The first-order chi connectivity index (χ1) is 16.3. The number of fused-ring (bicyclic) bond motifs is 1. The van der Waals surface area contributed by atoms with Gasteiger partial charge in [-0.1, -0.05) is 0 Å². The molecule has 1 aromatic rings. The van der Waals surface area contributed by atoms with E-state index < -0.39 is 46.7 Å².